The Morgan fingerprint density at radius 2 is 2.00 bits per heavy atom. The van der Waals surface area contributed by atoms with Crippen molar-refractivity contribution in [2.45, 2.75) is 39.0 Å². The van der Waals surface area contributed by atoms with Crippen LogP contribution in [0.1, 0.15) is 39.0 Å². The second-order valence-electron chi connectivity index (χ2n) is 4.57. The topological polar surface area (TPSA) is 73.2 Å². The Balaban J connectivity index is 2.22. The maximum Gasteiger partial charge on any atom is 0.237 e. The first-order chi connectivity index (χ1) is 8.69. The van der Waals surface area contributed by atoms with Gasteiger partial charge in [-0.3, -0.25) is 9.59 Å². The summed E-state index contributed by atoms with van der Waals surface area (Å²) in [6, 6.07) is 1.95. The molecule has 0 aromatic carbocycles. The molecule has 1 N–H and O–H groups in total. The van der Waals surface area contributed by atoms with Gasteiger partial charge in [0.1, 0.15) is 5.92 Å². The lowest BCUT2D eigenvalue weighted by Crippen LogP contribution is -2.38. The van der Waals surface area contributed by atoms with Crippen molar-refractivity contribution < 1.29 is 9.59 Å². The molecule has 0 aliphatic carbocycles. The number of carbonyl (C=O) groups is 2. The van der Waals surface area contributed by atoms with Gasteiger partial charge in [0.2, 0.25) is 11.8 Å². The van der Waals surface area contributed by atoms with Crippen molar-refractivity contribution >= 4 is 11.8 Å². The predicted molar refractivity (Wildman–Crippen MR) is 67.5 cm³/mol. The average Bonchev–Trinajstić information content (AvgIpc) is 2.41. The van der Waals surface area contributed by atoms with Gasteiger partial charge in [0.15, 0.2) is 0 Å². The standard InChI is InChI=1S/C13H21N3O2/c1-2-11(10-14)13(18)15-7-6-12(17)16-8-4-3-5-9-16/h11H,2-9H2,1H3,(H,15,18). The summed E-state index contributed by atoms with van der Waals surface area (Å²) >= 11 is 0. The molecule has 0 aromatic rings. The fourth-order valence-electron chi connectivity index (χ4n) is 2.05. The summed E-state index contributed by atoms with van der Waals surface area (Å²) in [5.74, 6) is -0.776. The van der Waals surface area contributed by atoms with Crippen molar-refractivity contribution in [3.63, 3.8) is 0 Å². The summed E-state index contributed by atoms with van der Waals surface area (Å²) in [6.07, 6.45) is 4.17. The highest BCUT2D eigenvalue weighted by atomic mass is 16.2. The number of hydrogen-bond donors (Lipinski definition) is 1. The van der Waals surface area contributed by atoms with Crippen LogP contribution in [-0.4, -0.2) is 36.3 Å². The van der Waals surface area contributed by atoms with Crippen LogP contribution >= 0.6 is 0 Å². The third-order valence-electron chi connectivity index (χ3n) is 3.23. The number of nitrogens with zero attached hydrogens (tertiary/aromatic N) is 2. The van der Waals surface area contributed by atoms with Crippen molar-refractivity contribution in [3.8, 4) is 6.07 Å². The largest absolute Gasteiger partial charge is 0.354 e. The van der Waals surface area contributed by atoms with Crippen LogP contribution in [-0.2, 0) is 9.59 Å². The highest BCUT2D eigenvalue weighted by Gasteiger charge is 2.18. The summed E-state index contributed by atoms with van der Waals surface area (Å²) in [6.45, 7) is 3.80. The lowest BCUT2D eigenvalue weighted by Gasteiger charge is -2.26. The van der Waals surface area contributed by atoms with Crippen molar-refractivity contribution in [2.24, 2.45) is 5.92 Å². The molecule has 0 radical (unpaired) electrons. The van der Waals surface area contributed by atoms with Gasteiger partial charge >= 0.3 is 0 Å². The van der Waals surface area contributed by atoms with Gasteiger partial charge in [-0.05, 0) is 25.7 Å². The highest BCUT2D eigenvalue weighted by molar-refractivity contribution is 5.82. The fraction of sp³-hybridized carbons (Fsp3) is 0.769. The van der Waals surface area contributed by atoms with Crippen LogP contribution in [0.2, 0.25) is 0 Å². The molecule has 18 heavy (non-hydrogen) atoms. The Hall–Kier alpha value is -1.57. The van der Waals surface area contributed by atoms with E-state index < -0.39 is 5.92 Å². The van der Waals surface area contributed by atoms with Crippen molar-refractivity contribution in [1.82, 2.24) is 10.2 Å². The van der Waals surface area contributed by atoms with Gasteiger partial charge in [-0.2, -0.15) is 5.26 Å². The molecule has 5 nitrogen and oxygen atoms in total. The normalized spacial score (nSPS) is 16.8. The number of nitrogens with one attached hydrogen (secondary N) is 1. The molecule has 0 spiro atoms. The first-order valence-electron chi connectivity index (χ1n) is 6.64. The summed E-state index contributed by atoms with van der Waals surface area (Å²) in [7, 11) is 0. The second-order valence-corrected chi connectivity index (χ2v) is 4.57. The van der Waals surface area contributed by atoms with E-state index in [1.54, 1.807) is 6.92 Å². The van der Waals surface area contributed by atoms with Crippen LogP contribution in [0.5, 0.6) is 0 Å². The van der Waals surface area contributed by atoms with E-state index >= 15 is 0 Å². The molecule has 1 saturated heterocycles. The van der Waals surface area contributed by atoms with Crippen LogP contribution in [0.3, 0.4) is 0 Å². The molecule has 1 heterocycles. The van der Waals surface area contributed by atoms with E-state index in [2.05, 4.69) is 5.32 Å². The van der Waals surface area contributed by atoms with Crippen LogP contribution in [0.4, 0.5) is 0 Å². The van der Waals surface area contributed by atoms with Gasteiger partial charge in [-0.15, -0.1) is 0 Å². The molecule has 1 unspecified atom stereocenters. The number of carbonyl (C=O) groups excluding carboxylic acids is 2. The summed E-state index contributed by atoms with van der Waals surface area (Å²) < 4.78 is 0. The van der Waals surface area contributed by atoms with E-state index in [1.807, 2.05) is 11.0 Å². The minimum Gasteiger partial charge on any atom is -0.354 e. The SMILES string of the molecule is CCC(C#N)C(=O)NCCC(=O)N1CCCCC1. The van der Waals surface area contributed by atoms with E-state index in [0.717, 1.165) is 25.9 Å². The van der Waals surface area contributed by atoms with E-state index in [4.69, 9.17) is 5.26 Å². The maximum atomic E-state index is 11.8. The van der Waals surface area contributed by atoms with Gasteiger partial charge in [-0.1, -0.05) is 6.92 Å². The number of amides is 2. The molecule has 0 bridgehead atoms. The highest BCUT2D eigenvalue weighted by Crippen LogP contribution is 2.09. The van der Waals surface area contributed by atoms with Crippen molar-refractivity contribution in [3.05, 3.63) is 0 Å². The Morgan fingerprint density at radius 1 is 1.33 bits per heavy atom. The van der Waals surface area contributed by atoms with Gasteiger partial charge in [0, 0.05) is 26.1 Å². The zero-order valence-corrected chi connectivity index (χ0v) is 10.9. The first kappa shape index (κ1) is 14.5. The molecular weight excluding hydrogens is 230 g/mol. The predicted octanol–water partition coefficient (Wildman–Crippen LogP) is 1.05. The third kappa shape index (κ3) is 4.36. The first-order valence-corrected chi connectivity index (χ1v) is 6.64. The van der Waals surface area contributed by atoms with Crippen LogP contribution in [0, 0.1) is 17.2 Å². The Labute approximate surface area is 108 Å². The van der Waals surface area contributed by atoms with Gasteiger partial charge in [-0.25, -0.2) is 0 Å². The van der Waals surface area contributed by atoms with E-state index in [-0.39, 0.29) is 11.8 Å². The molecule has 1 atom stereocenters. The number of rotatable bonds is 5. The van der Waals surface area contributed by atoms with Crippen molar-refractivity contribution in [2.75, 3.05) is 19.6 Å². The monoisotopic (exact) mass is 251 g/mol. The van der Waals surface area contributed by atoms with E-state index in [1.165, 1.54) is 6.42 Å². The van der Waals surface area contributed by atoms with E-state index in [9.17, 15) is 9.59 Å². The van der Waals surface area contributed by atoms with Gasteiger partial charge in [0.25, 0.3) is 0 Å². The maximum absolute atomic E-state index is 11.8. The smallest absolute Gasteiger partial charge is 0.237 e. The molecule has 100 valence electrons. The van der Waals surface area contributed by atoms with Crippen molar-refractivity contribution in [1.29, 1.82) is 5.26 Å². The lowest BCUT2D eigenvalue weighted by molar-refractivity contribution is -0.132. The van der Waals surface area contributed by atoms with Crippen LogP contribution in [0.15, 0.2) is 0 Å². The van der Waals surface area contributed by atoms with Gasteiger partial charge in [0.05, 0.1) is 6.07 Å². The molecule has 0 saturated carbocycles. The third-order valence-corrected chi connectivity index (χ3v) is 3.23. The Kier molecular flexibility index (Phi) is 6.20. The molecular formula is C13H21N3O2. The number of piperidine rings is 1. The quantitative estimate of drug-likeness (QED) is 0.794. The number of likely N-dealkylation sites (tertiary alicyclic amines) is 1. The zero-order valence-electron chi connectivity index (χ0n) is 10.9. The fourth-order valence-corrected chi connectivity index (χ4v) is 2.05. The van der Waals surface area contributed by atoms with Gasteiger partial charge < -0.3 is 10.2 Å². The molecule has 0 aromatic heterocycles. The molecule has 5 heteroatoms. The summed E-state index contributed by atoms with van der Waals surface area (Å²) in [5, 5.41) is 11.4. The lowest BCUT2D eigenvalue weighted by atomic mass is 10.1. The molecule has 2 amide bonds. The van der Waals surface area contributed by atoms with Crippen LogP contribution in [0.25, 0.3) is 0 Å². The summed E-state index contributed by atoms with van der Waals surface area (Å²) in [5.41, 5.74) is 0. The van der Waals surface area contributed by atoms with E-state index in [0.29, 0.717) is 19.4 Å². The average molecular weight is 251 g/mol. The molecule has 1 rings (SSSR count). The zero-order chi connectivity index (χ0) is 13.4. The molecule has 1 aliphatic rings. The second kappa shape index (κ2) is 7.70. The molecule has 1 fully saturated rings. The Bertz CT molecular complexity index is 330. The Morgan fingerprint density at radius 3 is 2.56 bits per heavy atom. The number of nitriles is 1. The summed E-state index contributed by atoms with van der Waals surface area (Å²) in [4.78, 5) is 25.2. The number of hydrogen-bond acceptors (Lipinski definition) is 3. The molecule has 1 aliphatic heterocycles. The van der Waals surface area contributed by atoms with Crippen LogP contribution < -0.4 is 5.32 Å². The minimum absolute atomic E-state index is 0.0972. The minimum atomic E-state index is -0.602.